The number of fused-ring (bicyclic) bond motifs is 1. The Bertz CT molecular complexity index is 1540. The second-order valence-electron chi connectivity index (χ2n) is 8.52. The summed E-state index contributed by atoms with van der Waals surface area (Å²) in [6.07, 6.45) is 7.27. The number of amides is 1. The van der Waals surface area contributed by atoms with Crippen molar-refractivity contribution in [3.8, 4) is 22.6 Å². The molecule has 5 aromatic rings. The van der Waals surface area contributed by atoms with E-state index in [-0.39, 0.29) is 11.9 Å². The van der Waals surface area contributed by atoms with Crippen molar-refractivity contribution in [2.24, 2.45) is 7.05 Å². The Hall–Kier alpha value is -4.22. The van der Waals surface area contributed by atoms with E-state index in [0.717, 1.165) is 28.6 Å². The highest BCUT2D eigenvalue weighted by atomic mass is 35.5. The van der Waals surface area contributed by atoms with Crippen molar-refractivity contribution >= 4 is 40.2 Å². The Balaban J connectivity index is 1.33. The molecule has 0 spiro atoms. The number of anilines is 2. The molecule has 184 valence electrons. The molecule has 11 nitrogen and oxygen atoms in total. The number of carbonyl (C=O) groups excluding carboxylic acids is 1. The van der Waals surface area contributed by atoms with Crippen molar-refractivity contribution in [1.82, 2.24) is 40.2 Å². The smallest absolute Gasteiger partial charge is 0.320 e. The molecule has 1 amide bonds. The second-order valence-corrected chi connectivity index (χ2v) is 8.92. The number of benzene rings is 1. The number of halogens is 1. The van der Waals surface area contributed by atoms with Gasteiger partial charge in [-0.3, -0.25) is 9.48 Å². The molecule has 0 saturated carbocycles. The number of hydrogen-bond acceptors (Lipinski definition) is 8. The van der Waals surface area contributed by atoms with E-state index < -0.39 is 0 Å². The van der Waals surface area contributed by atoms with Gasteiger partial charge in [0.2, 0.25) is 0 Å². The van der Waals surface area contributed by atoms with Gasteiger partial charge in [0.1, 0.15) is 5.65 Å². The van der Waals surface area contributed by atoms with Crippen LogP contribution < -0.4 is 10.6 Å². The lowest BCUT2D eigenvalue weighted by Crippen LogP contribution is -2.31. The zero-order valence-corrected chi connectivity index (χ0v) is 20.7. The standard InChI is InChI=1S/C24H24ClN9O2/c1-33(2)7-6-26-22(35)14-4-5-20(19(25)9-14)30-24-32-31-23(36-24)18-12-28-21-17(18)8-15(10-27-21)16-11-29-34(3)13-16/h4-5,8-13H,6-7H2,1-3H3,(H,26,35)(H,27,28)(H,30,32). The number of carbonyl (C=O) groups is 1. The van der Waals surface area contributed by atoms with Crippen molar-refractivity contribution in [1.29, 1.82) is 0 Å². The maximum absolute atomic E-state index is 12.3. The summed E-state index contributed by atoms with van der Waals surface area (Å²) in [5, 5.41) is 19.6. The van der Waals surface area contributed by atoms with Crippen LogP contribution in [0.4, 0.5) is 11.7 Å². The molecule has 0 aliphatic carbocycles. The Kier molecular flexibility index (Phi) is 6.40. The number of pyridine rings is 1. The first-order valence-corrected chi connectivity index (χ1v) is 11.5. The third kappa shape index (κ3) is 4.92. The summed E-state index contributed by atoms with van der Waals surface area (Å²) < 4.78 is 7.60. The third-order valence-electron chi connectivity index (χ3n) is 5.54. The molecule has 4 aromatic heterocycles. The Labute approximate surface area is 211 Å². The van der Waals surface area contributed by atoms with Gasteiger partial charge >= 0.3 is 6.01 Å². The monoisotopic (exact) mass is 505 g/mol. The normalized spacial score (nSPS) is 11.4. The van der Waals surface area contributed by atoms with Gasteiger partial charge in [0, 0.05) is 60.8 Å². The highest BCUT2D eigenvalue weighted by molar-refractivity contribution is 6.33. The van der Waals surface area contributed by atoms with Crippen LogP contribution in [0.15, 0.2) is 53.5 Å². The summed E-state index contributed by atoms with van der Waals surface area (Å²) in [5.41, 5.74) is 4.30. The van der Waals surface area contributed by atoms with Crippen molar-refractivity contribution in [2.75, 3.05) is 32.5 Å². The third-order valence-corrected chi connectivity index (χ3v) is 5.85. The van der Waals surface area contributed by atoms with Gasteiger partial charge in [0.25, 0.3) is 11.8 Å². The van der Waals surface area contributed by atoms with Crippen molar-refractivity contribution in [3.63, 3.8) is 0 Å². The molecule has 0 aliphatic rings. The van der Waals surface area contributed by atoms with Crippen LogP contribution in [-0.4, -0.2) is 67.9 Å². The number of H-pyrrole nitrogens is 1. The first kappa shape index (κ1) is 23.5. The number of nitrogens with one attached hydrogen (secondary N) is 3. The molecule has 4 heterocycles. The molecule has 12 heteroatoms. The van der Waals surface area contributed by atoms with Gasteiger partial charge in [0.15, 0.2) is 0 Å². The van der Waals surface area contributed by atoms with E-state index in [9.17, 15) is 4.79 Å². The molecule has 0 radical (unpaired) electrons. The number of likely N-dealkylation sites (N-methyl/N-ethyl adjacent to an activating group) is 1. The quantitative estimate of drug-likeness (QED) is 0.291. The fourth-order valence-electron chi connectivity index (χ4n) is 3.66. The van der Waals surface area contributed by atoms with E-state index in [1.165, 1.54) is 0 Å². The van der Waals surface area contributed by atoms with Gasteiger partial charge < -0.3 is 24.9 Å². The fraction of sp³-hybridized carbons (Fsp3) is 0.208. The molecule has 1 aromatic carbocycles. The summed E-state index contributed by atoms with van der Waals surface area (Å²) in [6, 6.07) is 7.14. The van der Waals surface area contributed by atoms with Crippen LogP contribution >= 0.6 is 11.6 Å². The van der Waals surface area contributed by atoms with Crippen LogP contribution in [0.3, 0.4) is 0 Å². The van der Waals surface area contributed by atoms with Gasteiger partial charge in [-0.1, -0.05) is 16.7 Å². The highest BCUT2D eigenvalue weighted by Crippen LogP contribution is 2.32. The molecular weight excluding hydrogens is 482 g/mol. The number of aromatic amines is 1. The topological polar surface area (TPSA) is 130 Å². The van der Waals surface area contributed by atoms with E-state index in [0.29, 0.717) is 34.4 Å². The predicted molar refractivity (Wildman–Crippen MR) is 137 cm³/mol. The lowest BCUT2D eigenvalue weighted by molar-refractivity contribution is 0.0951. The fourth-order valence-corrected chi connectivity index (χ4v) is 3.89. The maximum Gasteiger partial charge on any atom is 0.320 e. The lowest BCUT2D eigenvalue weighted by Gasteiger charge is -2.11. The summed E-state index contributed by atoms with van der Waals surface area (Å²) in [5.74, 6) is 0.130. The SMILES string of the molecule is CN(C)CCNC(=O)c1ccc(Nc2nnc(-c3c[nH]c4ncc(-c5cnn(C)c5)cc34)o2)c(Cl)c1. The van der Waals surface area contributed by atoms with Gasteiger partial charge in [-0.05, 0) is 38.4 Å². The zero-order chi connectivity index (χ0) is 25.2. The van der Waals surface area contributed by atoms with E-state index in [2.05, 4.69) is 35.9 Å². The van der Waals surface area contributed by atoms with E-state index in [1.807, 2.05) is 38.3 Å². The predicted octanol–water partition coefficient (Wildman–Crippen LogP) is 3.70. The second kappa shape index (κ2) is 9.80. The number of rotatable bonds is 8. The van der Waals surface area contributed by atoms with Crippen LogP contribution in [-0.2, 0) is 7.05 Å². The Morgan fingerprint density at radius 3 is 2.81 bits per heavy atom. The molecule has 0 aliphatic heterocycles. The van der Waals surface area contributed by atoms with Crippen LogP contribution in [0.1, 0.15) is 10.4 Å². The first-order valence-electron chi connectivity index (χ1n) is 11.2. The molecule has 0 bridgehead atoms. The van der Waals surface area contributed by atoms with E-state index in [4.69, 9.17) is 16.0 Å². The molecular formula is C24H24ClN9O2. The maximum atomic E-state index is 12.3. The molecule has 5 rings (SSSR count). The first-order chi connectivity index (χ1) is 17.4. The average Bonchev–Trinajstić information content (AvgIpc) is 3.59. The average molecular weight is 506 g/mol. The van der Waals surface area contributed by atoms with Crippen molar-refractivity contribution in [2.45, 2.75) is 0 Å². The van der Waals surface area contributed by atoms with Crippen molar-refractivity contribution in [3.05, 3.63) is 59.6 Å². The molecule has 0 atom stereocenters. The minimum atomic E-state index is -0.191. The van der Waals surface area contributed by atoms with Crippen LogP contribution in [0, 0.1) is 0 Å². The highest BCUT2D eigenvalue weighted by Gasteiger charge is 2.17. The summed E-state index contributed by atoms with van der Waals surface area (Å²) in [6.45, 7) is 1.29. The number of hydrogen-bond donors (Lipinski definition) is 3. The summed E-state index contributed by atoms with van der Waals surface area (Å²) in [7, 11) is 5.76. The number of aryl methyl sites for hydroxylation is 1. The van der Waals surface area contributed by atoms with Crippen LogP contribution in [0.5, 0.6) is 0 Å². The zero-order valence-electron chi connectivity index (χ0n) is 19.9. The minimum Gasteiger partial charge on any atom is -0.403 e. The number of aromatic nitrogens is 6. The minimum absolute atomic E-state index is 0.167. The van der Waals surface area contributed by atoms with Gasteiger partial charge in [-0.25, -0.2) is 4.98 Å². The van der Waals surface area contributed by atoms with Crippen molar-refractivity contribution < 1.29 is 9.21 Å². The van der Waals surface area contributed by atoms with E-state index >= 15 is 0 Å². The Morgan fingerprint density at radius 1 is 1.19 bits per heavy atom. The van der Waals surface area contributed by atoms with Gasteiger partial charge in [-0.2, -0.15) is 5.10 Å². The van der Waals surface area contributed by atoms with E-state index in [1.54, 1.807) is 41.5 Å². The summed E-state index contributed by atoms with van der Waals surface area (Å²) >= 11 is 6.41. The van der Waals surface area contributed by atoms with Gasteiger partial charge in [0.05, 0.1) is 22.5 Å². The molecule has 0 fully saturated rings. The molecule has 0 saturated heterocycles. The van der Waals surface area contributed by atoms with Gasteiger partial charge in [-0.15, -0.1) is 5.10 Å². The van der Waals surface area contributed by atoms with Crippen LogP contribution in [0.25, 0.3) is 33.6 Å². The number of nitrogens with zero attached hydrogens (tertiary/aromatic N) is 6. The largest absolute Gasteiger partial charge is 0.403 e. The van der Waals surface area contributed by atoms with Crippen LogP contribution in [0.2, 0.25) is 5.02 Å². The molecule has 0 unspecified atom stereocenters. The lowest BCUT2D eigenvalue weighted by atomic mass is 10.1. The molecule has 36 heavy (non-hydrogen) atoms. The Morgan fingerprint density at radius 2 is 2.06 bits per heavy atom. The summed E-state index contributed by atoms with van der Waals surface area (Å²) in [4.78, 5) is 22.0. The molecule has 3 N–H and O–H groups in total.